The minimum absolute atomic E-state index is 0. The topological polar surface area (TPSA) is 50.4 Å². The molecule has 2 aromatic carbocycles. The van der Waals surface area contributed by atoms with Gasteiger partial charge in [0.15, 0.2) is 0 Å². The number of hydrogen-bond donors (Lipinski definition) is 2. The van der Waals surface area contributed by atoms with E-state index in [0.717, 1.165) is 37.4 Å². The van der Waals surface area contributed by atoms with Crippen LogP contribution in [0, 0.1) is 0 Å². The summed E-state index contributed by atoms with van der Waals surface area (Å²) in [5, 5.41) is 6.25. The summed E-state index contributed by atoms with van der Waals surface area (Å²) in [5.74, 6) is 0.803. The lowest BCUT2D eigenvalue weighted by molar-refractivity contribution is 0.102. The first-order chi connectivity index (χ1) is 11.8. The van der Waals surface area contributed by atoms with Crippen LogP contribution in [-0.4, -0.2) is 12.0 Å². The molecule has 0 aromatic heterocycles. The van der Waals surface area contributed by atoms with E-state index in [9.17, 15) is 4.79 Å². The van der Waals surface area contributed by atoms with E-state index in [-0.39, 0.29) is 18.3 Å². The van der Waals surface area contributed by atoms with Crippen LogP contribution in [0.15, 0.2) is 42.5 Å². The van der Waals surface area contributed by atoms with Crippen molar-refractivity contribution in [3.05, 3.63) is 59.2 Å². The van der Waals surface area contributed by atoms with E-state index in [2.05, 4.69) is 10.6 Å². The van der Waals surface area contributed by atoms with Gasteiger partial charge in [0.05, 0.1) is 6.10 Å². The number of carbonyl (C=O) groups is 1. The Morgan fingerprint density at radius 2 is 1.72 bits per heavy atom. The predicted octanol–water partition coefficient (Wildman–Crippen LogP) is 4.29. The van der Waals surface area contributed by atoms with E-state index in [1.807, 2.05) is 42.5 Å². The molecule has 2 N–H and O–H groups in total. The number of fused-ring (bicyclic) bond motifs is 1. The van der Waals surface area contributed by atoms with Crippen molar-refractivity contribution in [2.45, 2.75) is 44.9 Å². The number of amides is 1. The van der Waals surface area contributed by atoms with Gasteiger partial charge in [-0.05, 0) is 73.2 Å². The summed E-state index contributed by atoms with van der Waals surface area (Å²) in [6.45, 7) is 1.73. The van der Waals surface area contributed by atoms with Gasteiger partial charge in [-0.1, -0.05) is 6.07 Å². The van der Waals surface area contributed by atoms with Gasteiger partial charge >= 0.3 is 0 Å². The summed E-state index contributed by atoms with van der Waals surface area (Å²) >= 11 is 0. The van der Waals surface area contributed by atoms with Gasteiger partial charge in [0.25, 0.3) is 5.91 Å². The van der Waals surface area contributed by atoms with Crippen molar-refractivity contribution in [1.29, 1.82) is 0 Å². The zero-order chi connectivity index (χ0) is 16.4. The third-order valence-electron chi connectivity index (χ3n) is 4.82. The molecule has 1 aliphatic carbocycles. The highest BCUT2D eigenvalue weighted by molar-refractivity contribution is 6.04. The number of benzene rings is 2. The van der Waals surface area contributed by atoms with E-state index in [4.69, 9.17) is 4.74 Å². The van der Waals surface area contributed by atoms with Gasteiger partial charge in [0.1, 0.15) is 5.75 Å². The van der Waals surface area contributed by atoms with Gasteiger partial charge in [-0.15, -0.1) is 12.4 Å². The molecule has 0 spiro atoms. The zero-order valence-electron chi connectivity index (χ0n) is 14.1. The second-order valence-corrected chi connectivity index (χ2v) is 6.59. The maximum atomic E-state index is 12.4. The van der Waals surface area contributed by atoms with E-state index in [1.165, 1.54) is 24.0 Å². The molecule has 1 amide bonds. The molecule has 1 heterocycles. The molecule has 2 aliphatic rings. The van der Waals surface area contributed by atoms with Crippen LogP contribution in [0.1, 0.15) is 47.2 Å². The molecule has 0 atom stereocenters. The van der Waals surface area contributed by atoms with E-state index in [1.54, 1.807) is 0 Å². The average molecular weight is 359 g/mol. The van der Waals surface area contributed by atoms with Crippen LogP contribution < -0.4 is 15.4 Å². The molecule has 1 aliphatic heterocycles. The second kappa shape index (κ2) is 7.89. The van der Waals surface area contributed by atoms with Gasteiger partial charge in [-0.2, -0.15) is 0 Å². The van der Waals surface area contributed by atoms with Crippen LogP contribution in [0.5, 0.6) is 5.75 Å². The number of halogens is 1. The van der Waals surface area contributed by atoms with Crippen molar-refractivity contribution < 1.29 is 9.53 Å². The summed E-state index contributed by atoms with van der Waals surface area (Å²) in [5.41, 5.74) is 3.98. The lowest BCUT2D eigenvalue weighted by atomic mass is 10.1. The summed E-state index contributed by atoms with van der Waals surface area (Å²) in [6, 6.07) is 13.6. The predicted molar refractivity (Wildman–Crippen MR) is 102 cm³/mol. The Bertz CT molecular complexity index is 740. The lowest BCUT2D eigenvalue weighted by Crippen LogP contribution is -2.13. The van der Waals surface area contributed by atoms with Crippen LogP contribution in [-0.2, 0) is 13.1 Å². The summed E-state index contributed by atoms with van der Waals surface area (Å²) in [4.78, 5) is 12.4. The Labute approximate surface area is 154 Å². The molecule has 5 heteroatoms. The molecular weight excluding hydrogens is 336 g/mol. The molecule has 4 nitrogen and oxygen atoms in total. The average Bonchev–Trinajstić information content (AvgIpc) is 3.27. The summed E-state index contributed by atoms with van der Waals surface area (Å²) in [7, 11) is 0. The molecule has 0 bridgehead atoms. The van der Waals surface area contributed by atoms with Crippen molar-refractivity contribution in [2.75, 3.05) is 5.32 Å². The smallest absolute Gasteiger partial charge is 0.255 e. The first-order valence-electron chi connectivity index (χ1n) is 8.68. The molecule has 1 saturated carbocycles. The number of anilines is 1. The fraction of sp³-hybridized carbons (Fsp3) is 0.350. The van der Waals surface area contributed by atoms with Crippen LogP contribution in [0.2, 0.25) is 0 Å². The molecule has 4 rings (SSSR count). The number of rotatable bonds is 4. The fourth-order valence-electron chi connectivity index (χ4n) is 3.45. The maximum Gasteiger partial charge on any atom is 0.255 e. The maximum absolute atomic E-state index is 12.4. The monoisotopic (exact) mass is 358 g/mol. The highest BCUT2D eigenvalue weighted by Gasteiger charge is 2.16. The molecule has 0 radical (unpaired) electrons. The van der Waals surface area contributed by atoms with Gasteiger partial charge in [-0.3, -0.25) is 4.79 Å². The Hall–Kier alpha value is -2.04. The minimum atomic E-state index is -0.0749. The Morgan fingerprint density at radius 3 is 2.48 bits per heavy atom. The quantitative estimate of drug-likeness (QED) is 0.857. The highest BCUT2D eigenvalue weighted by Crippen LogP contribution is 2.25. The van der Waals surface area contributed by atoms with Crippen LogP contribution >= 0.6 is 12.4 Å². The first kappa shape index (κ1) is 17.8. The summed E-state index contributed by atoms with van der Waals surface area (Å²) in [6.07, 6.45) is 5.16. The number of carbonyl (C=O) groups excluding carboxylic acids is 1. The van der Waals surface area contributed by atoms with Gasteiger partial charge in [0, 0.05) is 24.3 Å². The second-order valence-electron chi connectivity index (χ2n) is 6.59. The third kappa shape index (κ3) is 4.14. The molecule has 25 heavy (non-hydrogen) atoms. The Kier molecular flexibility index (Phi) is 5.61. The molecule has 1 fully saturated rings. The van der Waals surface area contributed by atoms with Crippen LogP contribution in [0.25, 0.3) is 0 Å². The molecular formula is C20H23ClN2O2. The van der Waals surface area contributed by atoms with Crippen LogP contribution in [0.3, 0.4) is 0 Å². The Morgan fingerprint density at radius 1 is 1.00 bits per heavy atom. The van der Waals surface area contributed by atoms with E-state index in [0.29, 0.717) is 11.7 Å². The van der Waals surface area contributed by atoms with Crippen molar-refractivity contribution in [1.82, 2.24) is 5.32 Å². The minimum Gasteiger partial charge on any atom is -0.490 e. The first-order valence-corrected chi connectivity index (χ1v) is 8.68. The zero-order valence-corrected chi connectivity index (χ0v) is 14.9. The number of ether oxygens (including phenoxy) is 1. The van der Waals surface area contributed by atoms with Crippen molar-refractivity contribution in [3.8, 4) is 5.75 Å². The van der Waals surface area contributed by atoms with E-state index >= 15 is 0 Å². The van der Waals surface area contributed by atoms with Crippen molar-refractivity contribution in [3.63, 3.8) is 0 Å². The van der Waals surface area contributed by atoms with Gasteiger partial charge in [0.2, 0.25) is 0 Å². The number of hydrogen-bond acceptors (Lipinski definition) is 3. The van der Waals surface area contributed by atoms with Crippen molar-refractivity contribution in [2.24, 2.45) is 0 Å². The van der Waals surface area contributed by atoms with Gasteiger partial charge < -0.3 is 15.4 Å². The normalized spacial score (nSPS) is 16.2. The van der Waals surface area contributed by atoms with Crippen LogP contribution in [0.4, 0.5) is 5.69 Å². The summed E-state index contributed by atoms with van der Waals surface area (Å²) < 4.78 is 5.95. The SMILES string of the molecule is Cl.O=C(Nc1ccc(OC2CCCC2)cc1)c1ccc2c(c1)CNC2. The van der Waals surface area contributed by atoms with E-state index < -0.39 is 0 Å². The van der Waals surface area contributed by atoms with Gasteiger partial charge in [-0.25, -0.2) is 0 Å². The highest BCUT2D eigenvalue weighted by atomic mass is 35.5. The molecule has 0 unspecified atom stereocenters. The third-order valence-corrected chi connectivity index (χ3v) is 4.82. The fourth-order valence-corrected chi connectivity index (χ4v) is 3.45. The molecule has 2 aromatic rings. The largest absolute Gasteiger partial charge is 0.490 e. The lowest BCUT2D eigenvalue weighted by Gasteiger charge is -2.13. The standard InChI is InChI=1S/C20H22N2O2.ClH/c23-20(14-5-6-15-12-21-13-16(15)11-14)22-17-7-9-19(10-8-17)24-18-3-1-2-4-18;/h5-11,18,21H,1-4,12-13H2,(H,22,23);1H. The number of nitrogens with one attached hydrogen (secondary N) is 2. The molecule has 132 valence electrons. The van der Waals surface area contributed by atoms with Crippen molar-refractivity contribution >= 4 is 24.0 Å². The Balaban J connectivity index is 0.00000182. The molecule has 0 saturated heterocycles.